The Kier molecular flexibility index (Phi) is 12.5. The minimum atomic E-state index is -1.33. The van der Waals surface area contributed by atoms with E-state index in [1.807, 2.05) is 27.5 Å². The van der Waals surface area contributed by atoms with Gasteiger partial charge in [0.25, 0.3) is 0 Å². The van der Waals surface area contributed by atoms with E-state index in [-0.39, 0.29) is 26.0 Å². The Morgan fingerprint density at radius 3 is 1.84 bits per heavy atom. The molecule has 1 radical (unpaired) electrons. The van der Waals surface area contributed by atoms with Crippen molar-refractivity contribution in [2.24, 2.45) is 0 Å². The largest absolute Gasteiger partial charge is 0.469 e. The molecule has 1 unspecified atom stereocenters. The Morgan fingerprint density at radius 1 is 0.557 bits per heavy atom. The van der Waals surface area contributed by atoms with Gasteiger partial charge in [-0.25, -0.2) is 0 Å². The molecule has 0 amide bonds. The van der Waals surface area contributed by atoms with Crippen molar-refractivity contribution in [3.8, 4) is 44.8 Å². The molecule has 0 aliphatic heterocycles. The van der Waals surface area contributed by atoms with Gasteiger partial charge in [-0.05, 0) is 34.7 Å². The molecule has 5 heteroatoms. The summed E-state index contributed by atoms with van der Waals surface area (Å²) in [5, 5.41) is 3.64. The molecule has 3 aromatic heterocycles. The topological polar surface area (TPSA) is 20.9 Å². The molecule has 6 aromatic carbocycles. The van der Waals surface area contributed by atoms with E-state index >= 15 is 0 Å². The van der Waals surface area contributed by atoms with Gasteiger partial charge in [-0.15, -0.1) is 17.7 Å². The molecule has 9 aromatic rings. The van der Waals surface area contributed by atoms with Gasteiger partial charge in [0.2, 0.25) is 0 Å². The maximum absolute atomic E-state index is 6.67. The molecule has 307 valence electrons. The van der Waals surface area contributed by atoms with Gasteiger partial charge in [-0.1, -0.05) is 182 Å². The van der Waals surface area contributed by atoms with Crippen molar-refractivity contribution in [1.82, 2.24) is 0 Å². The van der Waals surface area contributed by atoms with Crippen LogP contribution >= 0.6 is 0 Å². The van der Waals surface area contributed by atoms with Gasteiger partial charge in [-0.3, -0.25) is 0 Å². The molecule has 0 spiro atoms. The van der Waals surface area contributed by atoms with Crippen molar-refractivity contribution in [2.75, 3.05) is 0 Å². The number of rotatable bonds is 7. The second-order valence-corrected chi connectivity index (χ2v) is 21.9. The first-order valence-corrected chi connectivity index (χ1v) is 24.1. The third-order valence-electron chi connectivity index (χ3n) is 11.7. The standard InChI is InChI=1S/C34H28NO.C22H24NSi.Ir/c1-22-15-18-29-32-28(26-13-9-6-10-14-26)17-16-23(2)33(32)36-34(29)31(22)30-21-27(19-20-35(30)4)24(3)25-11-7-5-8-12-25;1-17-15-19(18-9-7-6-8-10-18)11-13-21(17)22-14-12-20(16-23(22)2)24(3,4)5;/h5-21,24H,1,4H2,2-3H3;6-16H,1-2H2,3-5H3;/q2*-1;. The maximum Gasteiger partial charge on any atom is 0.137 e. The smallest absolute Gasteiger partial charge is 0.137 e. The van der Waals surface area contributed by atoms with Crippen molar-refractivity contribution in [2.45, 2.75) is 39.4 Å². The van der Waals surface area contributed by atoms with Gasteiger partial charge in [0.1, 0.15) is 5.58 Å². The molecule has 0 saturated heterocycles. The third-order valence-corrected chi connectivity index (χ3v) is 13.7. The number of aromatic nitrogens is 2. The SMILES string of the molecule is [CH2-]c1cc(-c2ccccc2)ccc1-c1ccc([Si](C)(C)C)c[n+]1[CH2-].[CH2-]c1ccc2c(oc3c(C)ccc(-c4ccccc4)c32)c1-c1cc(C(C)c2ccccc2)cc[n+]1[CH2-].[Ir]. The number of benzene rings is 6. The fraction of sp³-hybridized carbons (Fsp3) is 0.107. The van der Waals surface area contributed by atoms with E-state index in [1.165, 1.54) is 38.6 Å². The van der Waals surface area contributed by atoms with Crippen LogP contribution in [-0.4, -0.2) is 8.07 Å². The Balaban J connectivity index is 0.000000196. The number of nitrogens with zero attached hydrogens (tertiary/aromatic N) is 2. The maximum atomic E-state index is 6.67. The summed E-state index contributed by atoms with van der Waals surface area (Å²) in [6.07, 6.45) is 4.21. The molecule has 0 N–H and O–H groups in total. The normalized spacial score (nSPS) is 11.8. The third kappa shape index (κ3) is 8.69. The van der Waals surface area contributed by atoms with Crippen molar-refractivity contribution in [3.63, 3.8) is 0 Å². The number of fused-ring (bicyclic) bond motifs is 3. The van der Waals surface area contributed by atoms with E-state index in [9.17, 15) is 0 Å². The summed E-state index contributed by atoms with van der Waals surface area (Å²) in [7, 11) is 7.17. The van der Waals surface area contributed by atoms with Crippen molar-refractivity contribution in [3.05, 3.63) is 226 Å². The Labute approximate surface area is 376 Å². The summed E-state index contributed by atoms with van der Waals surface area (Å²) in [5.41, 5.74) is 16.3. The summed E-state index contributed by atoms with van der Waals surface area (Å²) in [6, 6.07) is 55.3. The zero-order valence-corrected chi connectivity index (χ0v) is 39.1. The molecular formula is C56H52IrN2OSi-2. The van der Waals surface area contributed by atoms with Crippen LogP contribution in [-0.2, 0) is 20.1 Å². The van der Waals surface area contributed by atoms with Crippen LogP contribution in [0.25, 0.3) is 66.7 Å². The zero-order valence-electron chi connectivity index (χ0n) is 35.7. The fourth-order valence-corrected chi connectivity index (χ4v) is 9.23. The average molecular weight is 989 g/mol. The minimum Gasteiger partial charge on any atom is -0.469 e. The van der Waals surface area contributed by atoms with E-state index < -0.39 is 8.07 Å². The van der Waals surface area contributed by atoms with Crippen LogP contribution in [0.15, 0.2) is 175 Å². The molecule has 0 bridgehead atoms. The Hall–Kier alpha value is -6.23. The molecule has 3 heterocycles. The first-order chi connectivity index (χ1) is 28.9. The van der Waals surface area contributed by atoms with Crippen molar-refractivity contribution in [1.29, 1.82) is 0 Å². The van der Waals surface area contributed by atoms with Crippen LogP contribution in [0.1, 0.15) is 40.7 Å². The van der Waals surface area contributed by atoms with Crippen molar-refractivity contribution < 1.29 is 33.7 Å². The fourth-order valence-electron chi connectivity index (χ4n) is 8.10. The second kappa shape index (κ2) is 17.8. The molecule has 61 heavy (non-hydrogen) atoms. The van der Waals surface area contributed by atoms with Crippen LogP contribution in [0, 0.1) is 34.9 Å². The molecule has 0 aliphatic rings. The quantitative estimate of drug-likeness (QED) is 0.0885. The zero-order chi connectivity index (χ0) is 42.1. The van der Waals surface area contributed by atoms with Crippen LogP contribution in [0.5, 0.6) is 0 Å². The molecule has 3 nitrogen and oxygen atoms in total. The van der Waals surface area contributed by atoms with Gasteiger partial charge in [0.05, 0.1) is 37.4 Å². The van der Waals surface area contributed by atoms with Gasteiger partial charge in [0.15, 0.2) is 0 Å². The molecule has 1 atom stereocenters. The summed E-state index contributed by atoms with van der Waals surface area (Å²) in [4.78, 5) is 0. The first-order valence-electron chi connectivity index (χ1n) is 20.6. The Bertz CT molecular complexity index is 2970. The minimum absolute atomic E-state index is 0. The first kappa shape index (κ1) is 42.9. The van der Waals surface area contributed by atoms with Crippen LogP contribution < -0.4 is 14.3 Å². The van der Waals surface area contributed by atoms with Gasteiger partial charge < -0.3 is 13.6 Å². The summed E-state index contributed by atoms with van der Waals surface area (Å²) >= 11 is 0. The molecular weight excluding hydrogens is 937 g/mol. The molecule has 0 saturated carbocycles. The van der Waals surface area contributed by atoms with Crippen LogP contribution in [0.2, 0.25) is 19.6 Å². The number of furan rings is 1. The van der Waals surface area contributed by atoms with Gasteiger partial charge in [-0.2, -0.15) is 37.1 Å². The van der Waals surface area contributed by atoms with E-state index in [4.69, 9.17) is 4.42 Å². The summed E-state index contributed by atoms with van der Waals surface area (Å²) in [5.74, 6) is 0.251. The van der Waals surface area contributed by atoms with E-state index in [2.05, 4.69) is 213 Å². The van der Waals surface area contributed by atoms with Crippen molar-refractivity contribution >= 4 is 35.2 Å². The van der Waals surface area contributed by atoms with E-state index in [0.717, 1.165) is 61.1 Å². The monoisotopic (exact) mass is 989 g/mol. The predicted molar refractivity (Wildman–Crippen MR) is 254 cm³/mol. The number of hydrogen-bond donors (Lipinski definition) is 0. The van der Waals surface area contributed by atoms with Crippen LogP contribution in [0.3, 0.4) is 0 Å². The van der Waals surface area contributed by atoms with Crippen LogP contribution in [0.4, 0.5) is 0 Å². The number of aryl methyl sites for hydroxylation is 1. The molecule has 0 aliphatic carbocycles. The van der Waals surface area contributed by atoms with Gasteiger partial charge in [0, 0.05) is 50.9 Å². The second-order valence-electron chi connectivity index (χ2n) is 16.8. The summed E-state index contributed by atoms with van der Waals surface area (Å²) in [6.45, 7) is 20.1. The predicted octanol–water partition coefficient (Wildman–Crippen LogP) is 13.2. The summed E-state index contributed by atoms with van der Waals surface area (Å²) < 4.78 is 10.6. The average Bonchev–Trinajstić information content (AvgIpc) is 3.65. The Morgan fingerprint density at radius 2 is 1.20 bits per heavy atom. The van der Waals surface area contributed by atoms with Gasteiger partial charge >= 0.3 is 0 Å². The molecule has 9 rings (SSSR count). The number of hydrogen-bond acceptors (Lipinski definition) is 1. The van der Waals surface area contributed by atoms with E-state index in [0.29, 0.717) is 0 Å². The van der Waals surface area contributed by atoms with E-state index in [1.54, 1.807) is 0 Å². The number of pyridine rings is 2. The molecule has 0 fully saturated rings.